The van der Waals surface area contributed by atoms with Crippen molar-refractivity contribution in [2.24, 2.45) is 0 Å². The van der Waals surface area contributed by atoms with Gasteiger partial charge in [-0.1, -0.05) is 30.3 Å². The molecule has 0 radical (unpaired) electrons. The van der Waals surface area contributed by atoms with E-state index in [1.54, 1.807) is 38.1 Å². The SMILES string of the molecule is CC1(C)OC[C@H](C(OCc2ccccc2)C(F)(F)[C@H](O)CO)O1. The van der Waals surface area contributed by atoms with Crippen LogP contribution in [0.25, 0.3) is 0 Å². The van der Waals surface area contributed by atoms with Gasteiger partial charge in [0, 0.05) is 0 Å². The normalized spacial score (nSPS) is 23.7. The molecule has 1 heterocycles. The van der Waals surface area contributed by atoms with Gasteiger partial charge in [0.05, 0.1) is 19.8 Å². The fourth-order valence-corrected chi connectivity index (χ4v) is 2.40. The number of hydrogen-bond acceptors (Lipinski definition) is 5. The van der Waals surface area contributed by atoms with Crippen LogP contribution in [0.15, 0.2) is 30.3 Å². The van der Waals surface area contributed by atoms with Gasteiger partial charge in [0.2, 0.25) is 0 Å². The summed E-state index contributed by atoms with van der Waals surface area (Å²) < 4.78 is 45.0. The van der Waals surface area contributed by atoms with E-state index in [0.29, 0.717) is 5.56 Å². The van der Waals surface area contributed by atoms with Crippen molar-refractivity contribution in [1.82, 2.24) is 0 Å². The zero-order valence-electron chi connectivity index (χ0n) is 13.1. The van der Waals surface area contributed by atoms with Crippen LogP contribution in [0.3, 0.4) is 0 Å². The highest BCUT2D eigenvalue weighted by atomic mass is 19.3. The van der Waals surface area contributed by atoms with Crippen molar-refractivity contribution >= 4 is 0 Å². The van der Waals surface area contributed by atoms with Gasteiger partial charge in [-0.15, -0.1) is 0 Å². The van der Waals surface area contributed by atoms with E-state index in [9.17, 15) is 13.9 Å². The first-order chi connectivity index (χ1) is 10.8. The Kier molecular flexibility index (Phi) is 5.70. The topological polar surface area (TPSA) is 68.2 Å². The van der Waals surface area contributed by atoms with Gasteiger partial charge in [0.1, 0.15) is 12.2 Å². The van der Waals surface area contributed by atoms with Crippen LogP contribution in [0.1, 0.15) is 19.4 Å². The van der Waals surface area contributed by atoms with Gasteiger partial charge in [-0.25, -0.2) is 8.78 Å². The van der Waals surface area contributed by atoms with E-state index in [0.717, 1.165) is 0 Å². The summed E-state index contributed by atoms with van der Waals surface area (Å²) in [5.74, 6) is -4.68. The average Bonchev–Trinajstić information content (AvgIpc) is 2.87. The van der Waals surface area contributed by atoms with Crippen LogP contribution in [0.2, 0.25) is 0 Å². The second kappa shape index (κ2) is 7.19. The summed E-state index contributed by atoms with van der Waals surface area (Å²) in [6.45, 7) is 2.00. The standard InChI is InChI=1S/C16H22F2O5/c1-15(2)22-10-12(23-15)14(16(17,18)13(20)8-19)21-9-11-6-4-3-5-7-11/h3-7,12-14,19-20H,8-10H2,1-2H3/t12-,13-,14?/m1/s1. The summed E-state index contributed by atoms with van der Waals surface area (Å²) in [7, 11) is 0. The fourth-order valence-electron chi connectivity index (χ4n) is 2.40. The Hall–Kier alpha value is -1.12. The predicted octanol–water partition coefficient (Wildman–Crippen LogP) is 1.71. The molecule has 2 N–H and O–H groups in total. The predicted molar refractivity (Wildman–Crippen MR) is 78.0 cm³/mol. The molecule has 0 amide bonds. The van der Waals surface area contributed by atoms with Gasteiger partial charge >= 0.3 is 5.92 Å². The third-order valence-electron chi connectivity index (χ3n) is 3.64. The lowest BCUT2D eigenvalue weighted by Gasteiger charge is -2.33. The van der Waals surface area contributed by atoms with Crippen molar-refractivity contribution in [3.8, 4) is 0 Å². The minimum absolute atomic E-state index is 0.0699. The number of aliphatic hydroxyl groups excluding tert-OH is 2. The molecule has 23 heavy (non-hydrogen) atoms. The van der Waals surface area contributed by atoms with Crippen LogP contribution >= 0.6 is 0 Å². The number of alkyl halides is 2. The maximum absolute atomic E-state index is 14.4. The molecule has 130 valence electrons. The molecule has 0 saturated carbocycles. The van der Waals surface area contributed by atoms with Gasteiger partial charge in [-0.3, -0.25) is 0 Å². The van der Waals surface area contributed by atoms with E-state index in [1.165, 1.54) is 0 Å². The largest absolute Gasteiger partial charge is 0.393 e. The summed E-state index contributed by atoms with van der Waals surface area (Å²) in [4.78, 5) is 0. The summed E-state index contributed by atoms with van der Waals surface area (Å²) in [5.41, 5.74) is 0.713. The van der Waals surface area contributed by atoms with E-state index in [1.807, 2.05) is 6.07 Å². The number of halogens is 2. The molecule has 0 aliphatic carbocycles. The molecule has 2 rings (SSSR count). The molecule has 1 saturated heterocycles. The van der Waals surface area contributed by atoms with Crippen molar-refractivity contribution in [2.75, 3.05) is 13.2 Å². The summed E-state index contributed by atoms with van der Waals surface area (Å²) in [5, 5.41) is 18.4. The first-order valence-electron chi connectivity index (χ1n) is 7.40. The monoisotopic (exact) mass is 332 g/mol. The number of aliphatic hydroxyl groups is 2. The molecule has 1 aromatic carbocycles. The Balaban J connectivity index is 2.14. The van der Waals surface area contributed by atoms with Gasteiger partial charge < -0.3 is 24.4 Å². The van der Waals surface area contributed by atoms with Crippen molar-refractivity contribution in [1.29, 1.82) is 0 Å². The molecule has 1 fully saturated rings. The molecule has 3 atom stereocenters. The van der Waals surface area contributed by atoms with E-state index in [4.69, 9.17) is 19.3 Å². The van der Waals surface area contributed by atoms with Crippen molar-refractivity contribution in [2.45, 2.75) is 50.5 Å². The first-order valence-corrected chi connectivity index (χ1v) is 7.40. The molecular formula is C16H22F2O5. The van der Waals surface area contributed by atoms with Crippen molar-refractivity contribution < 1.29 is 33.2 Å². The van der Waals surface area contributed by atoms with Crippen LogP contribution in [-0.4, -0.2) is 53.4 Å². The quantitative estimate of drug-likeness (QED) is 0.796. The highest BCUT2D eigenvalue weighted by molar-refractivity contribution is 5.13. The Morgan fingerprint density at radius 1 is 1.35 bits per heavy atom. The van der Waals surface area contributed by atoms with Gasteiger partial charge in [-0.2, -0.15) is 0 Å². The van der Waals surface area contributed by atoms with Crippen molar-refractivity contribution in [3.05, 3.63) is 35.9 Å². The zero-order valence-corrected chi connectivity index (χ0v) is 13.1. The molecule has 0 spiro atoms. The molecule has 1 aliphatic rings. The zero-order chi connectivity index (χ0) is 17.1. The summed E-state index contributed by atoms with van der Waals surface area (Å²) >= 11 is 0. The lowest BCUT2D eigenvalue weighted by Crippen LogP contribution is -2.54. The van der Waals surface area contributed by atoms with Crippen molar-refractivity contribution in [3.63, 3.8) is 0 Å². The number of benzene rings is 1. The number of ether oxygens (including phenoxy) is 3. The Bertz CT molecular complexity index is 495. The lowest BCUT2D eigenvalue weighted by molar-refractivity contribution is -0.242. The Morgan fingerprint density at radius 3 is 2.52 bits per heavy atom. The van der Waals surface area contributed by atoms with Gasteiger partial charge in [0.25, 0.3) is 0 Å². The van der Waals surface area contributed by atoms with Crippen LogP contribution in [-0.2, 0) is 20.8 Å². The summed E-state index contributed by atoms with van der Waals surface area (Å²) in [6.07, 6.45) is -5.04. The molecule has 1 aromatic rings. The first kappa shape index (κ1) is 18.2. The molecule has 7 heteroatoms. The minimum Gasteiger partial charge on any atom is -0.393 e. The third kappa shape index (κ3) is 4.45. The molecule has 0 aromatic heterocycles. The van der Waals surface area contributed by atoms with E-state index >= 15 is 0 Å². The molecule has 1 aliphatic heterocycles. The van der Waals surface area contributed by atoms with E-state index in [2.05, 4.69) is 0 Å². The van der Waals surface area contributed by atoms with Gasteiger partial charge in [-0.05, 0) is 19.4 Å². The second-order valence-electron chi connectivity index (χ2n) is 5.96. The fraction of sp³-hybridized carbons (Fsp3) is 0.625. The number of rotatable bonds is 7. The molecule has 5 nitrogen and oxygen atoms in total. The maximum atomic E-state index is 14.4. The molecular weight excluding hydrogens is 310 g/mol. The second-order valence-corrected chi connectivity index (χ2v) is 5.96. The highest BCUT2D eigenvalue weighted by Crippen LogP contribution is 2.35. The van der Waals surface area contributed by atoms with Crippen LogP contribution in [0.5, 0.6) is 0 Å². The smallest absolute Gasteiger partial charge is 0.303 e. The molecule has 1 unspecified atom stereocenters. The van der Waals surface area contributed by atoms with Gasteiger partial charge in [0.15, 0.2) is 11.9 Å². The summed E-state index contributed by atoms with van der Waals surface area (Å²) in [6, 6.07) is 8.84. The van der Waals surface area contributed by atoms with E-state index < -0.39 is 36.6 Å². The Labute approximate surface area is 133 Å². The average molecular weight is 332 g/mol. The third-order valence-corrected chi connectivity index (χ3v) is 3.64. The molecule has 0 bridgehead atoms. The van der Waals surface area contributed by atoms with Crippen LogP contribution in [0.4, 0.5) is 8.78 Å². The number of hydrogen-bond donors (Lipinski definition) is 2. The van der Waals surface area contributed by atoms with Crippen LogP contribution < -0.4 is 0 Å². The van der Waals surface area contributed by atoms with E-state index in [-0.39, 0.29) is 13.2 Å². The Morgan fingerprint density at radius 2 is 2.00 bits per heavy atom. The van der Waals surface area contributed by atoms with Crippen LogP contribution in [0, 0.1) is 0 Å². The highest BCUT2D eigenvalue weighted by Gasteiger charge is 2.54. The minimum atomic E-state index is -3.68. The lowest BCUT2D eigenvalue weighted by atomic mass is 10.0. The maximum Gasteiger partial charge on any atom is 0.303 e.